The average molecular weight is 1440 g/mol. The van der Waals surface area contributed by atoms with Crippen molar-refractivity contribution in [2.75, 3.05) is 14.7 Å². The van der Waals surface area contributed by atoms with Gasteiger partial charge in [0.05, 0.1) is 58.3 Å². The number of anilines is 9. The number of nitrogens with zero attached hydrogens (tertiary/aromatic N) is 5. The number of fused-ring (bicyclic) bond motifs is 20. The van der Waals surface area contributed by atoms with Crippen LogP contribution < -0.4 is 73.3 Å². The number of aromatic nitrogens is 2. The molecule has 17 aromatic carbocycles. The van der Waals surface area contributed by atoms with E-state index in [1.165, 1.54) is 0 Å². The summed E-state index contributed by atoms with van der Waals surface area (Å²) in [6.45, 7) is -4.74. The van der Waals surface area contributed by atoms with Crippen molar-refractivity contribution >= 4 is 164 Å². The molecule has 25 rings (SSSR count). The molecule has 0 aliphatic carbocycles. The summed E-state index contributed by atoms with van der Waals surface area (Å²) in [5.74, 6) is -1.09. The minimum atomic E-state index is -1.61. The highest BCUT2D eigenvalue weighted by Gasteiger charge is 2.55. The Morgan fingerprint density at radius 3 is 1.00 bits per heavy atom. The molecule has 0 radical (unpaired) electrons. The summed E-state index contributed by atoms with van der Waals surface area (Å²) in [5.41, 5.74) is 9.91. The van der Waals surface area contributed by atoms with Crippen molar-refractivity contribution < 1.29 is 39.6 Å². The molecule has 6 aliphatic heterocycles. The lowest BCUT2D eigenvalue weighted by atomic mass is 9.28. The van der Waals surface area contributed by atoms with E-state index in [2.05, 4.69) is 26.8 Å². The molecule has 516 valence electrons. The highest BCUT2D eigenvalue weighted by molar-refractivity contribution is 7.05. The third-order valence-electron chi connectivity index (χ3n) is 23.2. The molecule has 0 amide bonds. The minimum absolute atomic E-state index is 0.0207. The number of hydrogen-bond donors (Lipinski definition) is 0. The minimum Gasteiger partial charge on any atom is -0.459 e. The van der Waals surface area contributed by atoms with Crippen LogP contribution in [0.15, 0.2) is 376 Å². The van der Waals surface area contributed by atoms with E-state index in [9.17, 15) is 30.2 Å². The number of benzene rings is 17. The van der Waals surface area contributed by atoms with Crippen molar-refractivity contribution in [3.63, 3.8) is 0 Å². The molecule has 0 atom stereocenters. The van der Waals surface area contributed by atoms with Crippen molar-refractivity contribution in [3.05, 3.63) is 376 Å². The molecule has 0 unspecified atom stereocenters. The summed E-state index contributed by atoms with van der Waals surface area (Å²) in [7, 11) is 0. The van der Waals surface area contributed by atoms with Gasteiger partial charge in [-0.05, 0) is 144 Å². The molecule has 0 saturated carbocycles. The fraction of sp³-hybridized carbons (Fsp3) is 0. The van der Waals surface area contributed by atoms with Crippen LogP contribution in [0.4, 0.5) is 51.2 Å². The molecule has 112 heavy (non-hydrogen) atoms. The molecule has 2 aromatic heterocycles. The monoisotopic (exact) mass is 1440 g/mol. The van der Waals surface area contributed by atoms with E-state index in [1.54, 1.807) is 9.13 Å². The summed E-state index contributed by atoms with van der Waals surface area (Å²) in [6.07, 6.45) is 0. The Bertz CT molecular complexity index is 8030. The van der Waals surface area contributed by atoms with Gasteiger partial charge in [-0.1, -0.05) is 303 Å². The first-order chi connectivity index (χ1) is 64.8. The summed E-state index contributed by atoms with van der Waals surface area (Å²) >= 11 is 0. The molecule has 0 fully saturated rings. The average Bonchev–Trinajstić information content (AvgIpc) is 1.25. The Labute approximate surface area is 679 Å². The zero-order valence-electron chi connectivity index (χ0n) is 80.9. The van der Waals surface area contributed by atoms with E-state index in [0.29, 0.717) is 67.5 Å². The zero-order chi connectivity index (χ0) is 92.1. The SMILES string of the molecule is [2H]c1c([2H])c([2H])c2c(c1[2H])Oc1c3c(cc4c1B2c1c([2H])c([2H])c([2H])c2c5c([2H])c([2H])c([2H])c([2H])c5n-4c12)N(c1c(-c2ccccc2)cccc1-c1ccccc1)c1cc(N(c2ccccc2)c2ccccc2)cc2c1B3c1c(cc3c4c1Oc1c([2H])c([2H])c([2H])c([2H])c1B4c1c([2H])c([2H])c([2H])c4c5c([2H])c([2H])c([2H])c([2H])c5n-3c14)N2c1c(-c2ccccc2)cccc1-c1ccccc1. The van der Waals surface area contributed by atoms with E-state index in [1.807, 2.05) is 231 Å². The number of hydrogen-bond acceptors (Lipinski definition) is 5. The van der Waals surface area contributed by atoms with Gasteiger partial charge in [0.15, 0.2) is 0 Å². The molecular formula is C102H62B3N5O2. The van der Waals surface area contributed by atoms with Crippen LogP contribution >= 0.6 is 0 Å². The lowest BCUT2D eigenvalue weighted by Crippen LogP contribution is -2.67. The van der Waals surface area contributed by atoms with E-state index < -0.39 is 165 Å². The van der Waals surface area contributed by atoms with E-state index in [-0.39, 0.29) is 122 Å². The molecule has 0 N–H and O–H groups in total. The number of ether oxygens (including phenoxy) is 2. The lowest BCUT2D eigenvalue weighted by Gasteiger charge is -2.49. The first-order valence-electron chi connectivity index (χ1n) is 48.0. The first-order valence-corrected chi connectivity index (χ1v) is 37.0. The standard InChI is InChI=1S/C102H62B3N5O2/c1-7-31-63(32-8-1)70-45-27-46-71(64-33-9-2-10-34-64)97(70)109-84-59-69(106(67-39-15-5-16-40-67)68-41-17-6-18-42-68)60-85-92(84)105(95-88(109)61-86-93-101(95)111-90-57-25-21-51-78(90)103(93)80-53-29-49-76-74-43-19-23-55-82(74)107(86)99(76)80)96-89(110(85)98-72(65-35-11-3-12-36-65)47-28-48-73(98)66-37-13-4-14-38-66)62-87-94-102(96)112-91-58-26-22-52-79(91)104(94)81-54-30-50-77-75-44-20-24-56-83(75)108(87)100(77)81/h1-62H/i19D,20D,21D,22D,23D,24D,25D,26D,29D,30D,43D,44D,49D,50D,51D,52D,53D,54D,55D,56D,57D,58D. The maximum atomic E-state index is 10.6. The van der Waals surface area contributed by atoms with Crippen LogP contribution in [-0.2, 0) is 0 Å². The molecule has 8 heterocycles. The van der Waals surface area contributed by atoms with Crippen LogP contribution in [0.3, 0.4) is 0 Å². The summed E-state index contributed by atoms with van der Waals surface area (Å²) in [5, 5.41) is -0.633. The molecule has 6 aliphatic rings. The largest absolute Gasteiger partial charge is 0.459 e. The quantitative estimate of drug-likeness (QED) is 0.135. The van der Waals surface area contributed by atoms with Gasteiger partial charge in [-0.3, -0.25) is 0 Å². The van der Waals surface area contributed by atoms with Crippen molar-refractivity contribution in [3.8, 4) is 78.9 Å². The van der Waals surface area contributed by atoms with Crippen LogP contribution in [-0.4, -0.2) is 29.3 Å². The molecule has 19 aromatic rings. The second-order valence-corrected chi connectivity index (χ2v) is 28.7. The Balaban J connectivity index is 0.981. The normalized spacial score (nSPS) is 16.0. The highest BCUT2D eigenvalue weighted by atomic mass is 16.5. The van der Waals surface area contributed by atoms with Gasteiger partial charge in [0.1, 0.15) is 23.0 Å². The van der Waals surface area contributed by atoms with Gasteiger partial charge in [0.25, 0.3) is 20.1 Å². The smallest absolute Gasteiger partial charge is 0.261 e. The lowest BCUT2D eigenvalue weighted by molar-refractivity contribution is 0.490. The van der Waals surface area contributed by atoms with Gasteiger partial charge in [-0.25, -0.2) is 0 Å². The van der Waals surface area contributed by atoms with E-state index in [4.69, 9.17) is 9.47 Å². The molecule has 7 nitrogen and oxygen atoms in total. The van der Waals surface area contributed by atoms with Gasteiger partial charge in [0, 0.05) is 100 Å². The Kier molecular flexibility index (Phi) is 9.27. The summed E-state index contributed by atoms with van der Waals surface area (Å²) < 4.78 is 240. The molecule has 0 bridgehead atoms. The maximum Gasteiger partial charge on any atom is 0.261 e. The van der Waals surface area contributed by atoms with Crippen molar-refractivity contribution in [2.24, 2.45) is 0 Å². The van der Waals surface area contributed by atoms with Gasteiger partial charge < -0.3 is 33.3 Å². The molecule has 10 heteroatoms. The van der Waals surface area contributed by atoms with Gasteiger partial charge in [-0.15, -0.1) is 0 Å². The van der Waals surface area contributed by atoms with Crippen molar-refractivity contribution in [1.29, 1.82) is 0 Å². The van der Waals surface area contributed by atoms with Crippen LogP contribution in [0.1, 0.15) is 30.2 Å². The molecule has 0 spiro atoms. The Morgan fingerprint density at radius 1 is 0.268 bits per heavy atom. The fourth-order valence-corrected chi connectivity index (χ4v) is 18.9. The van der Waals surface area contributed by atoms with Crippen LogP contribution in [0, 0.1) is 0 Å². The first kappa shape index (κ1) is 44.1. The molecule has 0 saturated heterocycles. The van der Waals surface area contributed by atoms with Crippen LogP contribution in [0.2, 0.25) is 0 Å². The topological polar surface area (TPSA) is 38.0 Å². The predicted octanol–water partition coefficient (Wildman–Crippen LogP) is 20.0. The summed E-state index contributed by atoms with van der Waals surface area (Å²) in [4.78, 5) is 6.41. The predicted molar refractivity (Wildman–Crippen MR) is 468 cm³/mol. The Hall–Kier alpha value is -14.5. The van der Waals surface area contributed by atoms with Crippen molar-refractivity contribution in [1.82, 2.24) is 9.13 Å². The second-order valence-electron chi connectivity index (χ2n) is 28.7. The van der Waals surface area contributed by atoms with Gasteiger partial charge in [0.2, 0.25) is 0 Å². The fourth-order valence-electron chi connectivity index (χ4n) is 18.9. The van der Waals surface area contributed by atoms with Crippen molar-refractivity contribution in [2.45, 2.75) is 0 Å². The highest BCUT2D eigenvalue weighted by Crippen LogP contribution is 2.57. The van der Waals surface area contributed by atoms with Crippen LogP contribution in [0.5, 0.6) is 23.0 Å². The molecular weight excluding hydrogens is 1360 g/mol. The third kappa shape index (κ3) is 8.47. The number of rotatable bonds is 9. The second kappa shape index (κ2) is 23.5. The van der Waals surface area contributed by atoms with Crippen LogP contribution in [0.25, 0.3) is 99.5 Å². The third-order valence-corrected chi connectivity index (χ3v) is 23.2. The van der Waals surface area contributed by atoms with Gasteiger partial charge in [-0.2, -0.15) is 0 Å². The number of para-hydroxylation sites is 10. The zero-order valence-corrected chi connectivity index (χ0v) is 58.9. The van der Waals surface area contributed by atoms with E-state index >= 15 is 0 Å². The van der Waals surface area contributed by atoms with E-state index in [0.717, 1.165) is 22.3 Å². The Morgan fingerprint density at radius 2 is 0.598 bits per heavy atom. The summed E-state index contributed by atoms with van der Waals surface area (Å²) in [6, 6.07) is 64.8. The van der Waals surface area contributed by atoms with Gasteiger partial charge >= 0.3 is 0 Å². The maximum absolute atomic E-state index is 10.6.